The van der Waals surface area contributed by atoms with Crippen molar-refractivity contribution in [1.29, 1.82) is 0 Å². The zero-order chi connectivity index (χ0) is 20.3. The number of tetrazole rings is 1. The molecule has 3 heterocycles. The van der Waals surface area contributed by atoms with Crippen molar-refractivity contribution < 1.29 is 4.79 Å². The Hall–Kier alpha value is -3.07. The Kier molecular flexibility index (Phi) is 5.27. The molecule has 1 amide bonds. The Labute approximate surface area is 177 Å². The standard InChI is InChI=1S/C21H23N7OS/c29-20(19-14-7-6-10-17(14)30-21(19)28-13-23-26-27-28)22-12-5-1-2-11-18-24-15-8-3-4-9-16(15)25-18/h3-4,8-9,13H,1-2,5-7,10-12H2,(H,22,29)(H,24,25). The number of para-hydroxylation sites is 2. The number of amides is 1. The molecule has 0 bridgehead atoms. The summed E-state index contributed by atoms with van der Waals surface area (Å²) in [6.45, 7) is 0.665. The van der Waals surface area contributed by atoms with Crippen molar-refractivity contribution in [3.63, 3.8) is 0 Å². The van der Waals surface area contributed by atoms with Crippen molar-refractivity contribution in [1.82, 2.24) is 35.5 Å². The van der Waals surface area contributed by atoms with Crippen LogP contribution in [0, 0.1) is 0 Å². The van der Waals surface area contributed by atoms with Crippen LogP contribution in [0.15, 0.2) is 30.6 Å². The predicted molar refractivity (Wildman–Crippen MR) is 115 cm³/mol. The zero-order valence-corrected chi connectivity index (χ0v) is 17.4. The Bertz CT molecular complexity index is 1130. The lowest BCUT2D eigenvalue weighted by Crippen LogP contribution is -2.26. The summed E-state index contributed by atoms with van der Waals surface area (Å²) in [7, 11) is 0. The number of unbranched alkanes of at least 4 members (excludes halogenated alkanes) is 2. The third-order valence-corrected chi connectivity index (χ3v) is 6.78. The van der Waals surface area contributed by atoms with Gasteiger partial charge in [-0.05, 0) is 60.2 Å². The normalized spacial score (nSPS) is 13.1. The summed E-state index contributed by atoms with van der Waals surface area (Å²) in [6.07, 6.45) is 8.59. The van der Waals surface area contributed by atoms with Gasteiger partial charge in [0.15, 0.2) is 0 Å². The number of nitrogens with one attached hydrogen (secondary N) is 2. The van der Waals surface area contributed by atoms with Crippen LogP contribution in [0.4, 0.5) is 0 Å². The van der Waals surface area contributed by atoms with Crippen LogP contribution in [-0.2, 0) is 19.3 Å². The van der Waals surface area contributed by atoms with Gasteiger partial charge in [-0.25, -0.2) is 4.98 Å². The van der Waals surface area contributed by atoms with Crippen molar-refractivity contribution in [2.75, 3.05) is 6.54 Å². The second kappa shape index (κ2) is 8.35. The summed E-state index contributed by atoms with van der Waals surface area (Å²) in [4.78, 5) is 22.2. The predicted octanol–water partition coefficient (Wildman–Crippen LogP) is 3.23. The van der Waals surface area contributed by atoms with E-state index in [1.165, 1.54) is 10.4 Å². The van der Waals surface area contributed by atoms with Gasteiger partial charge in [-0.1, -0.05) is 18.6 Å². The van der Waals surface area contributed by atoms with Gasteiger partial charge in [0.1, 0.15) is 17.2 Å². The number of rotatable bonds is 8. The van der Waals surface area contributed by atoms with Gasteiger partial charge >= 0.3 is 0 Å². The summed E-state index contributed by atoms with van der Waals surface area (Å²) in [5.74, 6) is 1.01. The molecule has 0 saturated carbocycles. The molecule has 2 N–H and O–H groups in total. The summed E-state index contributed by atoms with van der Waals surface area (Å²) in [5, 5.41) is 15.3. The van der Waals surface area contributed by atoms with E-state index in [-0.39, 0.29) is 5.91 Å². The number of carbonyl (C=O) groups excluding carboxylic acids is 1. The lowest BCUT2D eigenvalue weighted by atomic mass is 10.1. The van der Waals surface area contributed by atoms with Gasteiger partial charge in [-0.2, -0.15) is 4.68 Å². The molecule has 9 heteroatoms. The fraction of sp³-hybridized carbons (Fsp3) is 0.381. The van der Waals surface area contributed by atoms with Crippen LogP contribution in [0.1, 0.15) is 52.3 Å². The number of nitrogens with zero attached hydrogens (tertiary/aromatic N) is 5. The molecule has 5 rings (SSSR count). The highest BCUT2D eigenvalue weighted by Gasteiger charge is 2.27. The Morgan fingerprint density at radius 3 is 3.00 bits per heavy atom. The van der Waals surface area contributed by atoms with Crippen LogP contribution in [0.5, 0.6) is 0 Å². The monoisotopic (exact) mass is 421 g/mol. The molecular weight excluding hydrogens is 398 g/mol. The number of hydrogen-bond donors (Lipinski definition) is 2. The highest BCUT2D eigenvalue weighted by molar-refractivity contribution is 7.15. The fourth-order valence-electron chi connectivity index (χ4n) is 4.05. The molecule has 0 atom stereocenters. The molecule has 3 aromatic heterocycles. The first-order valence-electron chi connectivity index (χ1n) is 10.4. The molecule has 1 aromatic carbocycles. The number of H-pyrrole nitrogens is 1. The SMILES string of the molecule is O=C(NCCCCCc1nc2ccccc2[nH]1)c1c(-n2cnnn2)sc2c1CCC2. The van der Waals surface area contributed by atoms with E-state index in [0.717, 1.165) is 72.4 Å². The zero-order valence-electron chi connectivity index (χ0n) is 16.6. The summed E-state index contributed by atoms with van der Waals surface area (Å²) in [6, 6.07) is 8.09. The largest absolute Gasteiger partial charge is 0.352 e. The number of carbonyl (C=O) groups is 1. The molecule has 0 radical (unpaired) electrons. The first kappa shape index (κ1) is 18.9. The number of aryl methyl sites for hydroxylation is 2. The van der Waals surface area contributed by atoms with Crippen LogP contribution < -0.4 is 5.32 Å². The number of thiophene rings is 1. The second-order valence-electron chi connectivity index (χ2n) is 7.56. The van der Waals surface area contributed by atoms with Crippen molar-refractivity contribution in [3.05, 3.63) is 52.4 Å². The van der Waals surface area contributed by atoms with Gasteiger partial charge in [0.25, 0.3) is 5.91 Å². The van der Waals surface area contributed by atoms with Crippen LogP contribution in [0.25, 0.3) is 16.0 Å². The topological polar surface area (TPSA) is 101 Å². The van der Waals surface area contributed by atoms with E-state index >= 15 is 0 Å². The van der Waals surface area contributed by atoms with Gasteiger partial charge in [0.05, 0.1) is 16.6 Å². The van der Waals surface area contributed by atoms with E-state index in [2.05, 4.69) is 30.8 Å². The van der Waals surface area contributed by atoms with Crippen LogP contribution in [0.2, 0.25) is 0 Å². The highest BCUT2D eigenvalue weighted by Crippen LogP contribution is 2.37. The molecule has 0 saturated heterocycles. The van der Waals surface area contributed by atoms with Crippen LogP contribution in [-0.4, -0.2) is 42.6 Å². The number of aromatic amines is 1. The summed E-state index contributed by atoms with van der Waals surface area (Å²) < 4.78 is 1.60. The molecule has 4 aromatic rings. The molecule has 0 unspecified atom stereocenters. The first-order valence-corrected chi connectivity index (χ1v) is 11.2. The van der Waals surface area contributed by atoms with Gasteiger partial charge in [-0.3, -0.25) is 4.79 Å². The molecule has 0 fully saturated rings. The van der Waals surface area contributed by atoms with E-state index in [0.29, 0.717) is 6.54 Å². The van der Waals surface area contributed by atoms with Gasteiger partial charge in [0, 0.05) is 17.8 Å². The van der Waals surface area contributed by atoms with Gasteiger partial charge in [-0.15, -0.1) is 16.4 Å². The van der Waals surface area contributed by atoms with Crippen LogP contribution in [0.3, 0.4) is 0 Å². The molecule has 154 valence electrons. The molecule has 1 aliphatic rings. The Balaban J connectivity index is 1.14. The quantitative estimate of drug-likeness (QED) is 0.425. The molecule has 1 aliphatic carbocycles. The number of fused-ring (bicyclic) bond motifs is 2. The molecule has 0 spiro atoms. The highest BCUT2D eigenvalue weighted by atomic mass is 32.1. The fourth-order valence-corrected chi connectivity index (χ4v) is 5.35. The van der Waals surface area contributed by atoms with E-state index in [4.69, 9.17) is 0 Å². The lowest BCUT2D eigenvalue weighted by molar-refractivity contribution is 0.0952. The van der Waals surface area contributed by atoms with Crippen molar-refractivity contribution >= 4 is 28.3 Å². The number of hydrogen-bond acceptors (Lipinski definition) is 6. The summed E-state index contributed by atoms with van der Waals surface area (Å²) >= 11 is 1.63. The smallest absolute Gasteiger partial charge is 0.254 e. The number of imidazole rings is 1. The third-order valence-electron chi connectivity index (χ3n) is 5.50. The maximum atomic E-state index is 12.9. The van der Waals surface area contributed by atoms with E-state index < -0.39 is 0 Å². The van der Waals surface area contributed by atoms with Crippen LogP contribution >= 0.6 is 11.3 Å². The molecular formula is C21H23N7OS. The van der Waals surface area contributed by atoms with Gasteiger partial charge < -0.3 is 10.3 Å². The first-order chi connectivity index (χ1) is 14.8. The number of benzene rings is 1. The van der Waals surface area contributed by atoms with Crippen molar-refractivity contribution in [3.8, 4) is 5.00 Å². The molecule has 0 aliphatic heterocycles. The van der Waals surface area contributed by atoms with E-state index in [1.54, 1.807) is 22.3 Å². The van der Waals surface area contributed by atoms with Crippen molar-refractivity contribution in [2.24, 2.45) is 0 Å². The Morgan fingerprint density at radius 1 is 1.20 bits per heavy atom. The third kappa shape index (κ3) is 3.72. The van der Waals surface area contributed by atoms with Gasteiger partial charge in [0.2, 0.25) is 0 Å². The van der Waals surface area contributed by atoms with Crippen molar-refractivity contribution in [2.45, 2.75) is 44.9 Å². The lowest BCUT2D eigenvalue weighted by Gasteiger charge is -2.08. The maximum Gasteiger partial charge on any atom is 0.254 e. The molecule has 8 nitrogen and oxygen atoms in total. The average Bonchev–Trinajstić information content (AvgIpc) is 3.52. The molecule has 30 heavy (non-hydrogen) atoms. The Morgan fingerprint density at radius 2 is 2.13 bits per heavy atom. The minimum atomic E-state index is -0.0165. The summed E-state index contributed by atoms with van der Waals surface area (Å²) in [5.41, 5.74) is 4.03. The minimum absolute atomic E-state index is 0.0165. The second-order valence-corrected chi connectivity index (χ2v) is 8.64. The van der Waals surface area contributed by atoms with E-state index in [1.807, 2.05) is 24.3 Å². The maximum absolute atomic E-state index is 12.9. The average molecular weight is 422 g/mol. The minimum Gasteiger partial charge on any atom is -0.352 e. The van der Waals surface area contributed by atoms with E-state index in [9.17, 15) is 4.79 Å². The number of aromatic nitrogens is 6.